The first-order chi connectivity index (χ1) is 11.0. The van der Waals surface area contributed by atoms with Crippen molar-refractivity contribution >= 4 is 11.8 Å². The molecule has 0 aromatic heterocycles. The fourth-order valence-corrected chi connectivity index (χ4v) is 2.89. The van der Waals surface area contributed by atoms with Gasteiger partial charge in [-0.25, -0.2) is 0 Å². The summed E-state index contributed by atoms with van der Waals surface area (Å²) >= 11 is 0. The van der Waals surface area contributed by atoms with Gasteiger partial charge in [-0.2, -0.15) is 0 Å². The standard InChI is InChI=1S/C17H23N3O3/c1-23-14-4-2-3-13(11-14)12-15(21)19-7-9-20(10-8-19)16(22)17(18)5-6-17/h2-4,11H,5-10,12,18H2,1H3. The number of carbonyl (C=O) groups is 2. The van der Waals surface area contributed by atoms with Crippen LogP contribution in [0.5, 0.6) is 5.75 Å². The number of rotatable bonds is 4. The summed E-state index contributed by atoms with van der Waals surface area (Å²) in [6.45, 7) is 2.29. The summed E-state index contributed by atoms with van der Waals surface area (Å²) in [6, 6.07) is 7.54. The van der Waals surface area contributed by atoms with Gasteiger partial charge in [0.05, 0.1) is 19.1 Å². The highest BCUT2D eigenvalue weighted by Gasteiger charge is 2.48. The molecule has 0 bridgehead atoms. The molecule has 0 radical (unpaired) electrons. The lowest BCUT2D eigenvalue weighted by molar-refractivity contribution is -0.140. The second-order valence-corrected chi connectivity index (χ2v) is 6.36. The second-order valence-electron chi connectivity index (χ2n) is 6.36. The van der Waals surface area contributed by atoms with E-state index >= 15 is 0 Å². The average Bonchev–Trinajstić information content (AvgIpc) is 3.33. The van der Waals surface area contributed by atoms with Gasteiger partial charge in [-0.3, -0.25) is 9.59 Å². The molecule has 0 unspecified atom stereocenters. The van der Waals surface area contributed by atoms with E-state index in [2.05, 4.69) is 0 Å². The Balaban J connectivity index is 1.52. The first-order valence-electron chi connectivity index (χ1n) is 8.01. The van der Waals surface area contributed by atoms with Crippen molar-refractivity contribution in [3.63, 3.8) is 0 Å². The highest BCUT2D eigenvalue weighted by atomic mass is 16.5. The Morgan fingerprint density at radius 2 is 1.83 bits per heavy atom. The van der Waals surface area contributed by atoms with Crippen LogP contribution in [0.25, 0.3) is 0 Å². The summed E-state index contributed by atoms with van der Waals surface area (Å²) < 4.78 is 5.18. The average molecular weight is 317 g/mol. The van der Waals surface area contributed by atoms with Gasteiger partial charge in [0.15, 0.2) is 0 Å². The van der Waals surface area contributed by atoms with Gasteiger partial charge in [0.25, 0.3) is 0 Å². The van der Waals surface area contributed by atoms with Gasteiger partial charge in [0.1, 0.15) is 5.75 Å². The molecule has 2 aliphatic rings. The molecule has 124 valence electrons. The minimum Gasteiger partial charge on any atom is -0.497 e. The normalized spacial score (nSPS) is 19.4. The maximum Gasteiger partial charge on any atom is 0.242 e. The highest BCUT2D eigenvalue weighted by Crippen LogP contribution is 2.34. The molecule has 1 saturated heterocycles. The van der Waals surface area contributed by atoms with Crippen LogP contribution in [-0.4, -0.2) is 60.4 Å². The van der Waals surface area contributed by atoms with Gasteiger partial charge in [-0.15, -0.1) is 0 Å². The molecule has 6 heteroatoms. The monoisotopic (exact) mass is 317 g/mol. The van der Waals surface area contributed by atoms with Gasteiger partial charge < -0.3 is 20.3 Å². The Morgan fingerprint density at radius 1 is 1.17 bits per heavy atom. The zero-order valence-corrected chi connectivity index (χ0v) is 13.5. The molecule has 1 saturated carbocycles. The number of hydrogen-bond acceptors (Lipinski definition) is 4. The Labute approximate surface area is 136 Å². The third kappa shape index (κ3) is 3.47. The topological polar surface area (TPSA) is 75.9 Å². The summed E-state index contributed by atoms with van der Waals surface area (Å²) in [4.78, 5) is 28.2. The Hall–Kier alpha value is -2.08. The van der Waals surface area contributed by atoms with Crippen molar-refractivity contribution < 1.29 is 14.3 Å². The second kappa shape index (κ2) is 6.20. The molecule has 2 amide bonds. The number of methoxy groups -OCH3 is 1. The first-order valence-corrected chi connectivity index (χ1v) is 8.01. The number of nitrogens with zero attached hydrogens (tertiary/aromatic N) is 2. The summed E-state index contributed by atoms with van der Waals surface area (Å²) in [6.07, 6.45) is 1.91. The van der Waals surface area contributed by atoms with Crippen LogP contribution >= 0.6 is 0 Å². The van der Waals surface area contributed by atoms with Crippen molar-refractivity contribution in [1.82, 2.24) is 9.80 Å². The van der Waals surface area contributed by atoms with Crippen LogP contribution in [0.15, 0.2) is 24.3 Å². The van der Waals surface area contributed by atoms with Crippen molar-refractivity contribution in [2.24, 2.45) is 5.73 Å². The van der Waals surface area contributed by atoms with E-state index in [0.29, 0.717) is 32.6 Å². The van der Waals surface area contributed by atoms with E-state index in [1.54, 1.807) is 12.0 Å². The summed E-state index contributed by atoms with van der Waals surface area (Å²) in [5, 5.41) is 0. The third-order valence-electron chi connectivity index (χ3n) is 4.62. The maximum atomic E-state index is 12.4. The highest BCUT2D eigenvalue weighted by molar-refractivity contribution is 5.89. The van der Waals surface area contributed by atoms with Crippen LogP contribution in [-0.2, 0) is 16.0 Å². The van der Waals surface area contributed by atoms with E-state index in [9.17, 15) is 9.59 Å². The number of hydrogen-bond donors (Lipinski definition) is 1. The smallest absolute Gasteiger partial charge is 0.242 e. The van der Waals surface area contributed by atoms with Crippen LogP contribution in [0, 0.1) is 0 Å². The largest absolute Gasteiger partial charge is 0.497 e. The van der Waals surface area contributed by atoms with Gasteiger partial charge >= 0.3 is 0 Å². The Morgan fingerprint density at radius 3 is 2.43 bits per heavy atom. The molecule has 1 aliphatic carbocycles. The Kier molecular flexibility index (Phi) is 4.26. The van der Waals surface area contributed by atoms with Crippen molar-refractivity contribution in [2.75, 3.05) is 33.3 Å². The zero-order chi connectivity index (χ0) is 16.4. The van der Waals surface area contributed by atoms with Gasteiger partial charge in [-0.1, -0.05) is 12.1 Å². The molecule has 1 aliphatic heterocycles. The van der Waals surface area contributed by atoms with Gasteiger partial charge in [0, 0.05) is 26.2 Å². The van der Waals surface area contributed by atoms with Crippen molar-refractivity contribution in [2.45, 2.75) is 24.8 Å². The molecule has 1 aromatic rings. The molecule has 3 rings (SSSR count). The molecule has 0 spiro atoms. The number of amides is 2. The molecule has 0 atom stereocenters. The lowest BCUT2D eigenvalue weighted by atomic mass is 10.1. The molecule has 2 fully saturated rings. The molecule has 1 aromatic carbocycles. The van der Waals surface area contributed by atoms with Crippen molar-refractivity contribution in [3.05, 3.63) is 29.8 Å². The van der Waals surface area contributed by atoms with Crippen molar-refractivity contribution in [1.29, 1.82) is 0 Å². The summed E-state index contributed by atoms with van der Waals surface area (Å²) in [5.41, 5.74) is 6.28. The lowest BCUT2D eigenvalue weighted by Gasteiger charge is -2.36. The van der Waals surface area contributed by atoms with Crippen LogP contribution < -0.4 is 10.5 Å². The number of ether oxygens (including phenoxy) is 1. The van der Waals surface area contributed by atoms with Crippen LogP contribution in [0.3, 0.4) is 0 Å². The molecule has 23 heavy (non-hydrogen) atoms. The fraction of sp³-hybridized carbons (Fsp3) is 0.529. The molecule has 6 nitrogen and oxygen atoms in total. The number of nitrogens with two attached hydrogens (primary N) is 1. The number of piperazine rings is 1. The fourth-order valence-electron chi connectivity index (χ4n) is 2.89. The Bertz CT molecular complexity index is 605. The molecular weight excluding hydrogens is 294 g/mol. The summed E-state index contributed by atoms with van der Waals surface area (Å²) in [5.74, 6) is 0.875. The number of benzene rings is 1. The first kappa shape index (κ1) is 15.8. The molecule has 2 N–H and O–H groups in total. The predicted octanol–water partition coefficient (Wildman–Crippen LogP) is 0.400. The minimum atomic E-state index is -0.618. The van der Waals surface area contributed by atoms with Gasteiger partial charge in [-0.05, 0) is 30.5 Å². The molecular formula is C17H23N3O3. The quantitative estimate of drug-likeness (QED) is 0.872. The predicted molar refractivity (Wildman–Crippen MR) is 86.0 cm³/mol. The van der Waals surface area contributed by atoms with E-state index in [1.807, 2.05) is 29.2 Å². The summed E-state index contributed by atoms with van der Waals surface area (Å²) in [7, 11) is 1.61. The lowest BCUT2D eigenvalue weighted by Crippen LogP contribution is -2.55. The number of carbonyl (C=O) groups excluding carboxylic acids is 2. The van der Waals surface area contributed by atoms with Crippen molar-refractivity contribution in [3.8, 4) is 5.75 Å². The zero-order valence-electron chi connectivity index (χ0n) is 13.5. The van der Waals surface area contributed by atoms with E-state index in [0.717, 1.165) is 24.2 Å². The van der Waals surface area contributed by atoms with Crippen LogP contribution in [0.2, 0.25) is 0 Å². The third-order valence-corrected chi connectivity index (χ3v) is 4.62. The molecule has 1 heterocycles. The van der Waals surface area contributed by atoms with E-state index in [-0.39, 0.29) is 11.8 Å². The van der Waals surface area contributed by atoms with Gasteiger partial charge in [0.2, 0.25) is 11.8 Å². The van der Waals surface area contributed by atoms with E-state index < -0.39 is 5.54 Å². The van der Waals surface area contributed by atoms with Crippen LogP contribution in [0.4, 0.5) is 0 Å². The van der Waals surface area contributed by atoms with Crippen LogP contribution in [0.1, 0.15) is 18.4 Å². The minimum absolute atomic E-state index is 0.0393. The van der Waals surface area contributed by atoms with E-state index in [1.165, 1.54) is 0 Å². The SMILES string of the molecule is COc1cccc(CC(=O)N2CCN(C(=O)C3(N)CC3)CC2)c1. The maximum absolute atomic E-state index is 12.4. The van der Waals surface area contributed by atoms with E-state index in [4.69, 9.17) is 10.5 Å².